The summed E-state index contributed by atoms with van der Waals surface area (Å²) in [6.07, 6.45) is -4.24. The Kier molecular flexibility index (Phi) is 3.41. The van der Waals surface area contributed by atoms with Crippen LogP contribution in [-0.2, 0) is 9.53 Å². The molecule has 24 heavy (non-hydrogen) atoms. The number of fused-ring (bicyclic) bond motifs is 1. The number of hydrogen-bond acceptors (Lipinski definition) is 2. The van der Waals surface area contributed by atoms with Crippen LogP contribution in [0.2, 0.25) is 0 Å². The maximum absolute atomic E-state index is 12.4. The first-order valence-corrected chi connectivity index (χ1v) is 7.88. The van der Waals surface area contributed by atoms with Crippen molar-refractivity contribution in [2.45, 2.75) is 24.4 Å². The second-order valence-corrected chi connectivity index (χ2v) is 6.38. The van der Waals surface area contributed by atoms with Gasteiger partial charge in [-0.25, -0.2) is 4.79 Å². The van der Waals surface area contributed by atoms with E-state index in [2.05, 4.69) is 16.9 Å². The number of ether oxygens (including phenoxy) is 1. The van der Waals surface area contributed by atoms with Crippen molar-refractivity contribution in [1.82, 2.24) is 0 Å². The van der Waals surface area contributed by atoms with Crippen molar-refractivity contribution in [3.63, 3.8) is 0 Å². The van der Waals surface area contributed by atoms with E-state index in [9.17, 15) is 18.0 Å². The maximum Gasteiger partial charge on any atom is 0.490 e. The minimum Gasteiger partial charge on any atom is -0.459 e. The summed E-state index contributed by atoms with van der Waals surface area (Å²) < 4.78 is 41.7. The summed E-state index contributed by atoms with van der Waals surface area (Å²) in [5.74, 6) is -2.11. The molecule has 5 heteroatoms. The topological polar surface area (TPSA) is 26.3 Å². The molecular weight excluding hydrogens is 317 g/mol. The molecule has 1 unspecified atom stereocenters. The first kappa shape index (κ1) is 15.2. The van der Waals surface area contributed by atoms with Gasteiger partial charge in [-0.15, -0.1) is 0 Å². The molecule has 0 amide bonds. The van der Waals surface area contributed by atoms with Crippen molar-refractivity contribution in [2.24, 2.45) is 5.92 Å². The first-order valence-electron chi connectivity index (χ1n) is 7.88. The summed E-state index contributed by atoms with van der Waals surface area (Å²) in [4.78, 5) is 11.1. The summed E-state index contributed by atoms with van der Waals surface area (Å²) in [5.41, 5.74) is 4.75. The first-order chi connectivity index (χ1) is 11.5. The van der Waals surface area contributed by atoms with E-state index in [0.717, 1.165) is 11.1 Å². The molecule has 124 valence electrons. The Hall–Kier alpha value is -2.30. The zero-order chi connectivity index (χ0) is 16.9. The number of carbonyl (C=O) groups excluding carboxylic acids is 1. The highest BCUT2D eigenvalue weighted by Gasteiger charge is 2.45. The van der Waals surface area contributed by atoms with Crippen LogP contribution in [0.25, 0.3) is 0 Å². The highest BCUT2D eigenvalue weighted by molar-refractivity contribution is 5.75. The van der Waals surface area contributed by atoms with Gasteiger partial charge in [-0.05, 0) is 28.7 Å². The largest absolute Gasteiger partial charge is 0.490 e. The minimum atomic E-state index is -4.94. The second kappa shape index (κ2) is 5.36. The number of benzene rings is 2. The average molecular weight is 332 g/mol. The van der Waals surface area contributed by atoms with Gasteiger partial charge >= 0.3 is 12.1 Å². The molecule has 5 rings (SSSR count). The monoisotopic (exact) mass is 332 g/mol. The highest BCUT2D eigenvalue weighted by Crippen LogP contribution is 2.55. The number of esters is 1. The fourth-order valence-corrected chi connectivity index (χ4v) is 4.19. The molecule has 2 nitrogen and oxygen atoms in total. The zero-order valence-electron chi connectivity index (χ0n) is 12.7. The molecule has 0 aliphatic heterocycles. The number of halogens is 3. The smallest absolute Gasteiger partial charge is 0.459 e. The molecule has 0 spiro atoms. The van der Waals surface area contributed by atoms with Crippen LogP contribution < -0.4 is 0 Å². The molecule has 0 heterocycles. The van der Waals surface area contributed by atoms with Gasteiger partial charge in [0.1, 0.15) is 0 Å². The molecule has 2 bridgehead atoms. The Labute approximate surface area is 137 Å². The van der Waals surface area contributed by atoms with Gasteiger partial charge < -0.3 is 4.74 Å². The Morgan fingerprint density at radius 1 is 0.958 bits per heavy atom. The fraction of sp³-hybridized carbons (Fsp3) is 0.316. The van der Waals surface area contributed by atoms with Crippen molar-refractivity contribution < 1.29 is 22.7 Å². The zero-order valence-corrected chi connectivity index (χ0v) is 12.7. The van der Waals surface area contributed by atoms with Crippen molar-refractivity contribution in [2.75, 3.05) is 6.61 Å². The molecule has 0 saturated heterocycles. The number of carbonyl (C=O) groups is 1. The third-order valence-electron chi connectivity index (χ3n) is 5.08. The lowest BCUT2D eigenvalue weighted by Gasteiger charge is -2.45. The number of alkyl halides is 3. The second-order valence-electron chi connectivity index (χ2n) is 6.38. The van der Waals surface area contributed by atoms with E-state index in [0.29, 0.717) is 6.42 Å². The molecule has 2 aromatic rings. The van der Waals surface area contributed by atoms with Crippen LogP contribution in [0.3, 0.4) is 0 Å². The van der Waals surface area contributed by atoms with Crippen LogP contribution in [0.1, 0.15) is 40.5 Å². The van der Waals surface area contributed by atoms with Gasteiger partial charge in [0, 0.05) is 17.8 Å². The standard InChI is InChI=1S/C19H15F3O2/c20-19(21,22)18(23)24-10-11-9-16-12-5-1-3-7-14(12)17(11)15-8-4-2-6-13(15)16/h1-8,11,16-17H,9-10H2. The van der Waals surface area contributed by atoms with E-state index < -0.39 is 12.1 Å². The highest BCUT2D eigenvalue weighted by atomic mass is 19.4. The molecule has 2 aromatic carbocycles. The van der Waals surface area contributed by atoms with Crippen molar-refractivity contribution in [3.05, 3.63) is 70.8 Å². The molecule has 0 fully saturated rings. The predicted octanol–water partition coefficient (Wildman–Crippen LogP) is 4.39. The van der Waals surface area contributed by atoms with E-state index in [1.807, 2.05) is 36.4 Å². The number of hydrogen-bond donors (Lipinski definition) is 0. The van der Waals surface area contributed by atoms with E-state index in [-0.39, 0.29) is 24.4 Å². The molecule has 1 atom stereocenters. The van der Waals surface area contributed by atoms with Crippen LogP contribution in [0, 0.1) is 5.92 Å². The van der Waals surface area contributed by atoms with Gasteiger partial charge in [0.25, 0.3) is 0 Å². The van der Waals surface area contributed by atoms with Gasteiger partial charge in [-0.3, -0.25) is 0 Å². The van der Waals surface area contributed by atoms with E-state index >= 15 is 0 Å². The predicted molar refractivity (Wildman–Crippen MR) is 81.7 cm³/mol. The molecular formula is C19H15F3O2. The molecule has 0 N–H and O–H groups in total. The maximum atomic E-state index is 12.4. The van der Waals surface area contributed by atoms with Gasteiger partial charge in [0.2, 0.25) is 0 Å². The summed E-state index contributed by atoms with van der Waals surface area (Å²) in [5, 5.41) is 0. The third-order valence-corrected chi connectivity index (χ3v) is 5.08. The van der Waals surface area contributed by atoms with E-state index in [1.54, 1.807) is 0 Å². The average Bonchev–Trinajstić information content (AvgIpc) is 2.59. The summed E-state index contributed by atoms with van der Waals surface area (Å²) >= 11 is 0. The Bertz CT molecular complexity index is 750. The summed E-state index contributed by atoms with van der Waals surface area (Å²) in [6.45, 7) is -0.206. The fourth-order valence-electron chi connectivity index (χ4n) is 4.19. The van der Waals surface area contributed by atoms with Crippen molar-refractivity contribution in [3.8, 4) is 0 Å². The van der Waals surface area contributed by atoms with Crippen LogP contribution in [0.4, 0.5) is 13.2 Å². The van der Waals surface area contributed by atoms with Crippen LogP contribution in [0.5, 0.6) is 0 Å². The molecule has 3 aliphatic rings. The molecule has 0 aromatic heterocycles. The summed E-state index contributed by atoms with van der Waals surface area (Å²) in [6, 6.07) is 16.1. The lowest BCUT2D eigenvalue weighted by atomic mass is 9.59. The Morgan fingerprint density at radius 2 is 1.46 bits per heavy atom. The van der Waals surface area contributed by atoms with Crippen LogP contribution in [0.15, 0.2) is 48.5 Å². The normalized spacial score (nSPS) is 24.2. The third kappa shape index (κ3) is 2.30. The Morgan fingerprint density at radius 3 is 1.96 bits per heavy atom. The summed E-state index contributed by atoms with van der Waals surface area (Å²) in [7, 11) is 0. The van der Waals surface area contributed by atoms with E-state index in [1.165, 1.54) is 11.1 Å². The van der Waals surface area contributed by atoms with Crippen molar-refractivity contribution in [1.29, 1.82) is 0 Å². The van der Waals surface area contributed by atoms with Crippen molar-refractivity contribution >= 4 is 5.97 Å². The van der Waals surface area contributed by atoms with Gasteiger partial charge in [-0.1, -0.05) is 48.5 Å². The molecule has 3 aliphatic carbocycles. The minimum absolute atomic E-state index is 0.0246. The quantitative estimate of drug-likeness (QED) is 0.763. The lowest BCUT2D eigenvalue weighted by molar-refractivity contribution is -0.201. The van der Waals surface area contributed by atoms with E-state index in [4.69, 9.17) is 0 Å². The molecule has 0 radical (unpaired) electrons. The van der Waals surface area contributed by atoms with Gasteiger partial charge in [-0.2, -0.15) is 13.2 Å². The van der Waals surface area contributed by atoms with Crippen LogP contribution >= 0.6 is 0 Å². The lowest BCUT2D eigenvalue weighted by Crippen LogP contribution is -2.36. The SMILES string of the molecule is O=C(OCC1CC2c3ccccc3C1c1ccccc12)C(F)(F)F. The van der Waals surface area contributed by atoms with Crippen LogP contribution in [-0.4, -0.2) is 18.8 Å². The van der Waals surface area contributed by atoms with Gasteiger partial charge in [0.05, 0.1) is 6.61 Å². The van der Waals surface area contributed by atoms with Gasteiger partial charge in [0.15, 0.2) is 0 Å². The Balaban J connectivity index is 1.67. The number of rotatable bonds is 2. The molecule has 0 saturated carbocycles.